The molecule has 1 aliphatic rings. The quantitative estimate of drug-likeness (QED) is 0.525. The minimum absolute atomic E-state index is 0.0198. The van der Waals surface area contributed by atoms with E-state index in [-0.39, 0.29) is 22.8 Å². The van der Waals surface area contributed by atoms with Gasteiger partial charge >= 0.3 is 6.18 Å². The van der Waals surface area contributed by atoms with Crippen molar-refractivity contribution in [1.82, 2.24) is 15.0 Å². The van der Waals surface area contributed by atoms with Gasteiger partial charge in [0.2, 0.25) is 0 Å². The number of aliphatic hydroxyl groups is 1. The van der Waals surface area contributed by atoms with Crippen molar-refractivity contribution in [2.24, 2.45) is 5.73 Å². The van der Waals surface area contributed by atoms with E-state index in [0.29, 0.717) is 24.3 Å². The maximum absolute atomic E-state index is 13.5. The zero-order valence-electron chi connectivity index (χ0n) is 17.8. The Labute approximate surface area is 191 Å². The summed E-state index contributed by atoms with van der Waals surface area (Å²) >= 11 is 0. The first-order valence-corrected chi connectivity index (χ1v) is 10.0. The Morgan fingerprint density at radius 2 is 1.91 bits per heavy atom. The zero-order chi connectivity index (χ0) is 24.8. The fraction of sp³-hybridized carbons (Fsp3) is 0.227. The van der Waals surface area contributed by atoms with Gasteiger partial charge < -0.3 is 16.6 Å². The van der Waals surface area contributed by atoms with Gasteiger partial charge in [-0.2, -0.15) is 13.2 Å². The molecule has 9 nitrogen and oxygen atoms in total. The molecule has 1 aromatic carbocycles. The number of fused-ring (bicyclic) bond motifs is 1. The number of pyridine rings is 1. The summed E-state index contributed by atoms with van der Waals surface area (Å²) in [6.45, 7) is 1.93. The van der Waals surface area contributed by atoms with Crippen molar-refractivity contribution in [3.8, 4) is 11.3 Å². The van der Waals surface area contributed by atoms with E-state index in [1.807, 2.05) is 6.07 Å². The molecule has 3 aromatic rings. The van der Waals surface area contributed by atoms with Crippen LogP contribution in [0, 0.1) is 6.92 Å². The molecule has 2 amide bonds. The number of aryl methyl sites for hydroxylation is 1. The molecule has 0 spiro atoms. The molecule has 3 heterocycles. The number of hydrogen-bond acceptors (Lipinski definition) is 7. The lowest BCUT2D eigenvalue weighted by Crippen LogP contribution is -2.52. The summed E-state index contributed by atoms with van der Waals surface area (Å²) in [5, 5.41) is 10.2. The van der Waals surface area contributed by atoms with E-state index in [4.69, 9.17) is 11.5 Å². The molecular formula is C22H19F3N6O3. The molecule has 12 heteroatoms. The molecule has 176 valence electrons. The Kier molecular flexibility index (Phi) is 5.48. The molecule has 1 aliphatic heterocycles. The first kappa shape index (κ1) is 23.1. The smallest absolute Gasteiger partial charge is 0.382 e. The van der Waals surface area contributed by atoms with Crippen LogP contribution < -0.4 is 16.4 Å². The van der Waals surface area contributed by atoms with Crippen LogP contribution in [0.1, 0.15) is 27.2 Å². The molecular weight excluding hydrogens is 453 g/mol. The number of hydrogen-bond donors (Lipinski definition) is 3. The Hall–Kier alpha value is -4.06. The predicted molar refractivity (Wildman–Crippen MR) is 115 cm³/mol. The van der Waals surface area contributed by atoms with E-state index in [1.54, 1.807) is 19.2 Å². The lowest BCUT2D eigenvalue weighted by atomic mass is 9.89. The Bertz CT molecular complexity index is 1310. The number of alkyl halides is 3. The second-order valence-electron chi connectivity index (χ2n) is 7.78. The van der Waals surface area contributed by atoms with Crippen molar-refractivity contribution in [2.45, 2.75) is 25.1 Å². The van der Waals surface area contributed by atoms with E-state index in [1.165, 1.54) is 17.2 Å². The molecule has 2 aromatic heterocycles. The third kappa shape index (κ3) is 3.61. The van der Waals surface area contributed by atoms with E-state index >= 15 is 0 Å². The van der Waals surface area contributed by atoms with E-state index in [2.05, 4.69) is 15.0 Å². The molecule has 0 bridgehead atoms. The third-order valence-corrected chi connectivity index (χ3v) is 5.67. The molecule has 34 heavy (non-hydrogen) atoms. The first-order valence-electron chi connectivity index (χ1n) is 10.0. The zero-order valence-corrected chi connectivity index (χ0v) is 17.8. The lowest BCUT2D eigenvalue weighted by Gasteiger charge is -2.28. The van der Waals surface area contributed by atoms with Gasteiger partial charge in [0.15, 0.2) is 11.5 Å². The number of amides is 2. The van der Waals surface area contributed by atoms with Crippen molar-refractivity contribution in [3.05, 3.63) is 65.1 Å². The fourth-order valence-corrected chi connectivity index (χ4v) is 3.79. The number of nitrogen functional groups attached to an aromatic ring is 1. The lowest BCUT2D eigenvalue weighted by molar-refractivity contribution is -0.255. The van der Waals surface area contributed by atoms with Crippen LogP contribution in [-0.2, 0) is 16.8 Å². The molecule has 0 aliphatic carbocycles. The van der Waals surface area contributed by atoms with Gasteiger partial charge in [-0.3, -0.25) is 14.5 Å². The van der Waals surface area contributed by atoms with Crippen molar-refractivity contribution in [1.29, 1.82) is 0 Å². The van der Waals surface area contributed by atoms with Crippen molar-refractivity contribution >= 4 is 23.5 Å². The molecule has 1 atom stereocenters. The van der Waals surface area contributed by atoms with Gasteiger partial charge in [0.25, 0.3) is 17.4 Å². The highest BCUT2D eigenvalue weighted by Gasteiger charge is 2.60. The molecule has 0 radical (unpaired) electrons. The Balaban J connectivity index is 1.79. The number of carbonyl (C=O) groups is 2. The fourth-order valence-electron chi connectivity index (χ4n) is 3.79. The number of rotatable bonds is 4. The number of nitrogens with two attached hydrogens (primary N) is 2. The summed E-state index contributed by atoms with van der Waals surface area (Å²) < 4.78 is 40.6. The number of primary amides is 1. The van der Waals surface area contributed by atoms with E-state index in [0.717, 1.165) is 17.7 Å². The van der Waals surface area contributed by atoms with Crippen LogP contribution in [0.15, 0.2) is 42.7 Å². The van der Waals surface area contributed by atoms with Crippen LogP contribution in [0.2, 0.25) is 0 Å². The number of nitrogens with zero attached hydrogens (tertiary/aromatic N) is 4. The normalized spacial score (nSPS) is 15.0. The van der Waals surface area contributed by atoms with Gasteiger partial charge in [-0.05, 0) is 36.6 Å². The summed E-state index contributed by atoms with van der Waals surface area (Å²) in [7, 11) is 0. The van der Waals surface area contributed by atoms with Crippen LogP contribution in [0.25, 0.3) is 11.3 Å². The van der Waals surface area contributed by atoms with E-state index in [9.17, 15) is 27.9 Å². The van der Waals surface area contributed by atoms with Gasteiger partial charge in [0.05, 0.1) is 11.9 Å². The number of carbonyl (C=O) groups excluding carboxylic acids is 2. The molecule has 1 unspecified atom stereocenters. The SMILES string of the molecule is Cc1ccc(C(O)(C(N)=O)C(F)(F)F)cc1-c1cnc(N)c(C(=O)N2CCc3cccnc32)n1. The molecule has 5 N–H and O–H groups in total. The topological polar surface area (TPSA) is 148 Å². The second-order valence-corrected chi connectivity index (χ2v) is 7.78. The highest BCUT2D eigenvalue weighted by atomic mass is 19.4. The van der Waals surface area contributed by atoms with Crippen LogP contribution in [0.5, 0.6) is 0 Å². The maximum Gasteiger partial charge on any atom is 0.430 e. The monoisotopic (exact) mass is 472 g/mol. The standard InChI is InChI=1S/C22H19F3N6O3/c1-11-4-5-13(21(34,20(27)33)22(23,24)25)9-14(11)15-10-29-17(26)16(30-15)19(32)31-8-6-12-3-2-7-28-18(12)31/h2-5,7,9-10,34H,6,8H2,1H3,(H2,26,29)(H2,27,33). The summed E-state index contributed by atoms with van der Waals surface area (Å²) in [6, 6.07) is 6.75. The first-order chi connectivity index (χ1) is 15.9. The Morgan fingerprint density at radius 3 is 2.59 bits per heavy atom. The average Bonchev–Trinajstić information content (AvgIpc) is 3.22. The van der Waals surface area contributed by atoms with Gasteiger partial charge in [0, 0.05) is 23.9 Å². The largest absolute Gasteiger partial charge is 0.430 e. The summed E-state index contributed by atoms with van der Waals surface area (Å²) in [5.41, 5.74) is 7.32. The minimum Gasteiger partial charge on any atom is -0.382 e. The highest BCUT2D eigenvalue weighted by molar-refractivity contribution is 6.08. The van der Waals surface area contributed by atoms with Gasteiger partial charge in [0.1, 0.15) is 5.82 Å². The third-order valence-electron chi connectivity index (χ3n) is 5.67. The van der Waals surface area contributed by atoms with Crippen LogP contribution in [-0.4, -0.2) is 44.6 Å². The van der Waals surface area contributed by atoms with Crippen LogP contribution in [0.3, 0.4) is 0 Å². The van der Waals surface area contributed by atoms with Crippen LogP contribution >= 0.6 is 0 Å². The molecule has 0 fully saturated rings. The van der Waals surface area contributed by atoms with Crippen molar-refractivity contribution in [2.75, 3.05) is 17.2 Å². The summed E-state index contributed by atoms with van der Waals surface area (Å²) in [4.78, 5) is 38.7. The Morgan fingerprint density at radius 1 is 1.18 bits per heavy atom. The summed E-state index contributed by atoms with van der Waals surface area (Å²) in [6.07, 6.45) is -2.04. The number of aromatic nitrogens is 3. The van der Waals surface area contributed by atoms with Gasteiger partial charge in [-0.1, -0.05) is 18.2 Å². The molecule has 4 rings (SSSR count). The minimum atomic E-state index is -5.37. The average molecular weight is 472 g/mol. The number of anilines is 2. The van der Waals surface area contributed by atoms with Crippen LogP contribution in [0.4, 0.5) is 24.8 Å². The summed E-state index contributed by atoms with van der Waals surface area (Å²) in [5.74, 6) is -2.25. The number of benzene rings is 1. The second kappa shape index (κ2) is 8.06. The molecule has 0 saturated carbocycles. The maximum atomic E-state index is 13.5. The van der Waals surface area contributed by atoms with Gasteiger partial charge in [-0.25, -0.2) is 15.0 Å². The van der Waals surface area contributed by atoms with Crippen molar-refractivity contribution in [3.63, 3.8) is 0 Å². The predicted octanol–water partition coefficient (Wildman–Crippen LogP) is 1.87. The molecule has 0 saturated heterocycles. The number of halogens is 3. The van der Waals surface area contributed by atoms with E-state index < -0.39 is 29.2 Å². The highest BCUT2D eigenvalue weighted by Crippen LogP contribution is 2.40. The van der Waals surface area contributed by atoms with Crippen molar-refractivity contribution < 1.29 is 27.9 Å². The van der Waals surface area contributed by atoms with Gasteiger partial charge in [-0.15, -0.1) is 0 Å².